The van der Waals surface area contributed by atoms with Crippen molar-refractivity contribution in [1.29, 1.82) is 0 Å². The molecule has 2 aromatic rings. The van der Waals surface area contributed by atoms with Crippen LogP contribution in [0.5, 0.6) is 5.75 Å². The highest BCUT2D eigenvalue weighted by Gasteiger charge is 2.35. The summed E-state index contributed by atoms with van der Waals surface area (Å²) in [7, 11) is 1.53. The molecule has 5 rings (SSSR count). The van der Waals surface area contributed by atoms with Gasteiger partial charge in [0.05, 0.1) is 12.6 Å². The van der Waals surface area contributed by atoms with Crippen LogP contribution in [0.3, 0.4) is 0 Å². The van der Waals surface area contributed by atoms with Gasteiger partial charge in [0.15, 0.2) is 5.69 Å². The van der Waals surface area contributed by atoms with Crippen LogP contribution in [-0.4, -0.2) is 65.5 Å². The fourth-order valence-electron chi connectivity index (χ4n) is 3.42. The Hall–Kier alpha value is -2.61. The third kappa shape index (κ3) is 3.74. The van der Waals surface area contributed by atoms with Crippen LogP contribution in [0, 0.1) is 5.92 Å². The molecule has 2 N–H and O–H groups in total. The number of fused-ring (bicyclic) bond motifs is 4. The number of carboxylic acids is 1. The molecule has 4 heterocycles. The van der Waals surface area contributed by atoms with Gasteiger partial charge in [0.2, 0.25) is 0 Å². The van der Waals surface area contributed by atoms with Crippen LogP contribution in [0.2, 0.25) is 0 Å². The summed E-state index contributed by atoms with van der Waals surface area (Å²) in [5.41, 5.74) is 0.696. The van der Waals surface area contributed by atoms with E-state index >= 15 is 0 Å². The van der Waals surface area contributed by atoms with Crippen molar-refractivity contribution >= 4 is 23.3 Å². The van der Waals surface area contributed by atoms with Gasteiger partial charge in [-0.3, -0.25) is 14.8 Å². The molecule has 8 nitrogen and oxygen atoms in total. The molecular weight excluding hydrogens is 326 g/mol. The van der Waals surface area contributed by atoms with E-state index in [9.17, 15) is 9.59 Å². The van der Waals surface area contributed by atoms with Gasteiger partial charge in [0.1, 0.15) is 11.9 Å². The second-order valence-electron chi connectivity index (χ2n) is 6.20. The standard InChI is InChI=1S/C9H8N2O3.C8H13NO2/c1-14-5-2-3-7-6(4-5)8(9(12)13)11-10-7;10-6-11-8-5-9-3-1-7(8)2-4-9/h2-4H,1H3,(H,10,11)(H,12,13);6-8H,1-5H2/t;8-/m.1/s1. The number of rotatable bonds is 4. The zero-order valence-corrected chi connectivity index (χ0v) is 14.0. The number of aromatic amines is 1. The third-order valence-electron chi connectivity index (χ3n) is 4.80. The van der Waals surface area contributed by atoms with Crippen LogP contribution in [0.4, 0.5) is 0 Å². The largest absolute Gasteiger partial charge is 0.497 e. The third-order valence-corrected chi connectivity index (χ3v) is 4.80. The molecule has 3 aliphatic heterocycles. The monoisotopic (exact) mass is 347 g/mol. The summed E-state index contributed by atoms with van der Waals surface area (Å²) in [4.78, 5) is 23.2. The molecule has 2 bridgehead atoms. The number of aromatic nitrogens is 2. The molecule has 0 amide bonds. The maximum absolute atomic E-state index is 10.8. The van der Waals surface area contributed by atoms with Gasteiger partial charge < -0.3 is 14.6 Å². The molecule has 0 radical (unpaired) electrons. The van der Waals surface area contributed by atoms with Crippen molar-refractivity contribution in [1.82, 2.24) is 15.1 Å². The second kappa shape index (κ2) is 7.52. The summed E-state index contributed by atoms with van der Waals surface area (Å²) in [5, 5.41) is 15.7. The van der Waals surface area contributed by atoms with Crippen molar-refractivity contribution in [2.45, 2.75) is 18.9 Å². The molecule has 3 aliphatic rings. The highest BCUT2D eigenvalue weighted by Crippen LogP contribution is 2.28. The topological polar surface area (TPSA) is 105 Å². The van der Waals surface area contributed by atoms with E-state index in [-0.39, 0.29) is 11.8 Å². The van der Waals surface area contributed by atoms with Gasteiger partial charge in [-0.2, -0.15) is 5.10 Å². The van der Waals surface area contributed by atoms with Gasteiger partial charge in [0, 0.05) is 11.9 Å². The number of ether oxygens (including phenoxy) is 2. The number of piperidine rings is 3. The van der Waals surface area contributed by atoms with E-state index in [0.717, 1.165) is 6.54 Å². The van der Waals surface area contributed by atoms with E-state index < -0.39 is 5.97 Å². The minimum Gasteiger partial charge on any atom is -0.497 e. The van der Waals surface area contributed by atoms with Crippen molar-refractivity contribution < 1.29 is 24.2 Å². The molecule has 1 atom stereocenters. The predicted octanol–water partition coefficient (Wildman–Crippen LogP) is 1.52. The van der Waals surface area contributed by atoms with Gasteiger partial charge >= 0.3 is 5.97 Å². The Morgan fingerprint density at radius 3 is 2.72 bits per heavy atom. The lowest BCUT2D eigenvalue weighted by Crippen LogP contribution is -2.51. The molecule has 1 aromatic heterocycles. The van der Waals surface area contributed by atoms with Crippen molar-refractivity contribution in [3.05, 3.63) is 23.9 Å². The number of benzene rings is 1. The average molecular weight is 347 g/mol. The summed E-state index contributed by atoms with van der Waals surface area (Å²) >= 11 is 0. The Balaban J connectivity index is 0.000000150. The Morgan fingerprint density at radius 1 is 1.40 bits per heavy atom. The normalized spacial score (nSPS) is 24.3. The lowest BCUT2D eigenvalue weighted by Gasteiger charge is -2.43. The van der Waals surface area contributed by atoms with Gasteiger partial charge in [-0.25, -0.2) is 4.79 Å². The van der Waals surface area contributed by atoms with E-state index in [1.54, 1.807) is 18.2 Å². The van der Waals surface area contributed by atoms with Crippen molar-refractivity contribution in [3.8, 4) is 5.75 Å². The molecule has 0 saturated carbocycles. The molecule has 134 valence electrons. The molecule has 25 heavy (non-hydrogen) atoms. The average Bonchev–Trinajstić information content (AvgIpc) is 3.07. The second-order valence-corrected chi connectivity index (χ2v) is 6.20. The van der Waals surface area contributed by atoms with E-state index in [2.05, 4.69) is 15.1 Å². The molecule has 1 aromatic carbocycles. The van der Waals surface area contributed by atoms with E-state index in [0.29, 0.717) is 29.0 Å². The highest BCUT2D eigenvalue weighted by atomic mass is 16.5. The SMILES string of the molecule is COc1ccc2[nH]nc(C(=O)O)c2c1.O=CO[C@@H]1CN2CCC1CC2. The molecule has 0 unspecified atom stereocenters. The first-order valence-electron chi connectivity index (χ1n) is 8.19. The number of H-pyrrole nitrogens is 1. The van der Waals surface area contributed by atoms with Gasteiger partial charge in [-0.1, -0.05) is 0 Å². The zero-order valence-electron chi connectivity index (χ0n) is 14.0. The maximum Gasteiger partial charge on any atom is 0.357 e. The van der Waals surface area contributed by atoms with E-state index in [4.69, 9.17) is 14.6 Å². The Labute approximate surface area is 144 Å². The quantitative estimate of drug-likeness (QED) is 0.808. The predicted molar refractivity (Wildman–Crippen MR) is 89.7 cm³/mol. The zero-order chi connectivity index (χ0) is 17.8. The van der Waals surface area contributed by atoms with Crippen LogP contribution in [0.25, 0.3) is 10.9 Å². The van der Waals surface area contributed by atoms with E-state index in [1.165, 1.54) is 33.0 Å². The molecule has 3 saturated heterocycles. The molecule has 0 spiro atoms. The van der Waals surface area contributed by atoms with Crippen molar-refractivity contribution in [3.63, 3.8) is 0 Å². The van der Waals surface area contributed by atoms with Crippen molar-refractivity contribution in [2.24, 2.45) is 5.92 Å². The molecule has 8 heteroatoms. The number of methoxy groups -OCH3 is 1. The minimum absolute atomic E-state index is 0.0129. The number of aromatic carboxylic acids is 1. The fourth-order valence-corrected chi connectivity index (χ4v) is 3.42. The highest BCUT2D eigenvalue weighted by molar-refractivity contribution is 6.01. The number of carbonyl (C=O) groups excluding carboxylic acids is 1. The first-order valence-corrected chi connectivity index (χ1v) is 8.19. The lowest BCUT2D eigenvalue weighted by molar-refractivity contribution is -0.143. The number of nitrogens with zero attached hydrogens (tertiary/aromatic N) is 2. The Kier molecular flexibility index (Phi) is 5.18. The number of hydrogen-bond donors (Lipinski definition) is 2. The maximum atomic E-state index is 10.8. The van der Waals surface area contributed by atoms with Gasteiger partial charge in [0.25, 0.3) is 6.47 Å². The van der Waals surface area contributed by atoms with Gasteiger partial charge in [-0.05, 0) is 50.0 Å². The van der Waals surface area contributed by atoms with Crippen LogP contribution in [-0.2, 0) is 9.53 Å². The van der Waals surface area contributed by atoms with Crippen LogP contribution >= 0.6 is 0 Å². The smallest absolute Gasteiger partial charge is 0.357 e. The Morgan fingerprint density at radius 2 is 2.16 bits per heavy atom. The number of carbonyl (C=O) groups is 2. The van der Waals surface area contributed by atoms with Crippen LogP contribution < -0.4 is 4.74 Å². The summed E-state index contributed by atoms with van der Waals surface area (Å²) in [5.74, 6) is 0.205. The summed E-state index contributed by atoms with van der Waals surface area (Å²) in [6.07, 6.45) is 2.60. The fraction of sp³-hybridized carbons (Fsp3) is 0.471. The van der Waals surface area contributed by atoms with Gasteiger partial charge in [-0.15, -0.1) is 0 Å². The molecule has 3 fully saturated rings. The number of nitrogens with one attached hydrogen (secondary N) is 1. The first-order chi connectivity index (χ1) is 12.1. The number of hydrogen-bond acceptors (Lipinski definition) is 6. The minimum atomic E-state index is -1.05. The summed E-state index contributed by atoms with van der Waals surface area (Å²) in [6.45, 7) is 3.95. The van der Waals surface area contributed by atoms with Crippen molar-refractivity contribution in [2.75, 3.05) is 26.7 Å². The summed E-state index contributed by atoms with van der Waals surface area (Å²) in [6, 6.07) is 5.11. The number of carboxylic acid groups (broad SMARTS) is 1. The van der Waals surface area contributed by atoms with Crippen LogP contribution in [0.1, 0.15) is 23.3 Å². The van der Waals surface area contributed by atoms with E-state index in [1.807, 2.05) is 0 Å². The first kappa shape index (κ1) is 17.2. The Bertz CT molecular complexity index is 752. The molecular formula is C17H21N3O5. The van der Waals surface area contributed by atoms with Crippen LogP contribution in [0.15, 0.2) is 18.2 Å². The lowest BCUT2D eigenvalue weighted by atomic mass is 9.86. The molecule has 0 aliphatic carbocycles. The summed E-state index contributed by atoms with van der Waals surface area (Å²) < 4.78 is 9.99.